The summed E-state index contributed by atoms with van der Waals surface area (Å²) in [5, 5.41) is 2.98. The molecule has 4 nitrogen and oxygen atoms in total. The third kappa shape index (κ3) is 6.04. The quantitative estimate of drug-likeness (QED) is 0.840. The predicted octanol–water partition coefficient (Wildman–Crippen LogP) is 1.94. The van der Waals surface area contributed by atoms with Crippen LogP contribution >= 0.6 is 0 Å². The van der Waals surface area contributed by atoms with Gasteiger partial charge in [-0.05, 0) is 40.0 Å². The van der Waals surface area contributed by atoms with Crippen LogP contribution in [-0.2, 0) is 14.6 Å². The van der Waals surface area contributed by atoms with E-state index in [0.717, 1.165) is 12.8 Å². The number of rotatable bonds is 5. The van der Waals surface area contributed by atoms with E-state index < -0.39 is 9.84 Å². The van der Waals surface area contributed by atoms with Gasteiger partial charge in [0.15, 0.2) is 0 Å². The largest absolute Gasteiger partial charge is 0.312 e. The lowest BCUT2D eigenvalue weighted by Crippen LogP contribution is -2.38. The summed E-state index contributed by atoms with van der Waals surface area (Å²) in [7, 11) is -3.00. The van der Waals surface area contributed by atoms with Crippen LogP contribution in [0, 0.1) is 5.92 Å². The molecule has 0 aliphatic heterocycles. The highest BCUT2D eigenvalue weighted by Crippen LogP contribution is 2.29. The summed E-state index contributed by atoms with van der Waals surface area (Å²) in [5.41, 5.74) is 0.0160. The van der Waals surface area contributed by atoms with Crippen LogP contribution in [0.1, 0.15) is 52.9 Å². The topological polar surface area (TPSA) is 63.2 Å². The number of hydrogen-bond acceptors (Lipinski definition) is 4. The molecule has 0 aromatic carbocycles. The van der Waals surface area contributed by atoms with Crippen LogP contribution in [0.2, 0.25) is 0 Å². The van der Waals surface area contributed by atoms with Gasteiger partial charge in [0.25, 0.3) is 0 Å². The molecule has 0 aromatic heterocycles. The van der Waals surface area contributed by atoms with Crippen LogP contribution in [0.15, 0.2) is 0 Å². The van der Waals surface area contributed by atoms with Crippen molar-refractivity contribution in [1.82, 2.24) is 5.32 Å². The lowest BCUT2D eigenvalue weighted by molar-refractivity contribution is -0.123. The zero-order chi connectivity index (χ0) is 14.7. The summed E-state index contributed by atoms with van der Waals surface area (Å²) >= 11 is 0. The minimum Gasteiger partial charge on any atom is -0.312 e. The number of sulfone groups is 1. The fraction of sp³-hybridized carbons (Fsp3) is 0.929. The SMILES string of the molecule is CC(C)(C)NCCC(=O)C1CCCC(S(C)(=O)=O)C1. The fourth-order valence-electron chi connectivity index (χ4n) is 2.59. The predicted molar refractivity (Wildman–Crippen MR) is 78.0 cm³/mol. The fourth-order valence-corrected chi connectivity index (χ4v) is 3.77. The average molecular weight is 289 g/mol. The van der Waals surface area contributed by atoms with Gasteiger partial charge in [0.05, 0.1) is 5.25 Å². The number of ketones is 1. The van der Waals surface area contributed by atoms with Gasteiger partial charge in [-0.25, -0.2) is 8.42 Å². The zero-order valence-electron chi connectivity index (χ0n) is 12.5. The van der Waals surface area contributed by atoms with E-state index in [4.69, 9.17) is 0 Å². The van der Waals surface area contributed by atoms with Crippen molar-refractivity contribution < 1.29 is 13.2 Å². The Kier molecular flexibility index (Phi) is 5.56. The molecule has 19 heavy (non-hydrogen) atoms. The van der Waals surface area contributed by atoms with Crippen LogP contribution < -0.4 is 5.32 Å². The third-order valence-electron chi connectivity index (χ3n) is 3.71. The molecule has 0 radical (unpaired) electrons. The van der Waals surface area contributed by atoms with Crippen LogP contribution in [0.25, 0.3) is 0 Å². The van der Waals surface area contributed by atoms with Crippen molar-refractivity contribution in [3.05, 3.63) is 0 Å². The number of carbonyl (C=O) groups is 1. The first-order valence-electron chi connectivity index (χ1n) is 7.06. The second-order valence-electron chi connectivity index (χ2n) is 6.71. The first-order chi connectivity index (χ1) is 8.59. The standard InChI is InChI=1S/C14H27NO3S/c1-14(2,3)15-9-8-13(16)11-6-5-7-12(10-11)19(4,17)18/h11-12,15H,5-10H2,1-4H3. The van der Waals surface area contributed by atoms with Gasteiger partial charge >= 0.3 is 0 Å². The Morgan fingerprint density at radius 1 is 1.26 bits per heavy atom. The van der Waals surface area contributed by atoms with Gasteiger partial charge < -0.3 is 5.32 Å². The number of Topliss-reactive ketones (excluding diaryl/α,β-unsaturated/α-hetero) is 1. The van der Waals surface area contributed by atoms with Crippen molar-refractivity contribution in [1.29, 1.82) is 0 Å². The molecule has 1 rings (SSSR count). The molecule has 1 N–H and O–H groups in total. The highest BCUT2D eigenvalue weighted by atomic mass is 32.2. The van der Waals surface area contributed by atoms with Crippen LogP contribution in [-0.4, -0.2) is 37.8 Å². The molecule has 0 saturated heterocycles. The van der Waals surface area contributed by atoms with Gasteiger partial charge in [-0.15, -0.1) is 0 Å². The summed E-state index contributed by atoms with van der Waals surface area (Å²) in [4.78, 5) is 12.1. The number of hydrogen-bond donors (Lipinski definition) is 1. The van der Waals surface area contributed by atoms with Gasteiger partial charge in [-0.1, -0.05) is 6.42 Å². The van der Waals surface area contributed by atoms with E-state index in [9.17, 15) is 13.2 Å². The molecule has 2 unspecified atom stereocenters. The molecule has 1 aliphatic carbocycles. The Labute approximate surface area is 117 Å². The van der Waals surface area contributed by atoms with Gasteiger partial charge in [0.1, 0.15) is 15.6 Å². The molecule has 1 saturated carbocycles. The van der Waals surface area contributed by atoms with Crippen molar-refractivity contribution in [2.75, 3.05) is 12.8 Å². The second kappa shape index (κ2) is 6.35. The van der Waals surface area contributed by atoms with E-state index in [1.807, 2.05) is 0 Å². The molecular formula is C14H27NO3S. The van der Waals surface area contributed by atoms with Crippen molar-refractivity contribution in [3.8, 4) is 0 Å². The van der Waals surface area contributed by atoms with Gasteiger partial charge in [-0.3, -0.25) is 4.79 Å². The third-order valence-corrected chi connectivity index (χ3v) is 5.35. The molecule has 0 spiro atoms. The monoisotopic (exact) mass is 289 g/mol. The minimum atomic E-state index is -3.00. The van der Waals surface area contributed by atoms with E-state index >= 15 is 0 Å². The summed E-state index contributed by atoms with van der Waals surface area (Å²) < 4.78 is 23.2. The number of carbonyl (C=O) groups excluding carboxylic acids is 1. The molecule has 0 aromatic rings. The van der Waals surface area contributed by atoms with E-state index in [0.29, 0.717) is 25.8 Å². The molecule has 1 aliphatic rings. The van der Waals surface area contributed by atoms with E-state index in [1.165, 1.54) is 6.26 Å². The van der Waals surface area contributed by atoms with Crippen LogP contribution in [0.3, 0.4) is 0 Å². The Balaban J connectivity index is 2.45. The van der Waals surface area contributed by atoms with Crippen molar-refractivity contribution in [2.24, 2.45) is 5.92 Å². The van der Waals surface area contributed by atoms with E-state index in [1.54, 1.807) is 0 Å². The smallest absolute Gasteiger partial charge is 0.150 e. The maximum absolute atomic E-state index is 12.1. The summed E-state index contributed by atoms with van der Waals surface area (Å²) in [6, 6.07) is 0. The Hall–Kier alpha value is -0.420. The Morgan fingerprint density at radius 2 is 1.89 bits per heavy atom. The summed E-state index contributed by atoms with van der Waals surface area (Å²) in [6.07, 6.45) is 4.71. The molecule has 0 amide bonds. The number of nitrogens with one attached hydrogen (secondary N) is 1. The van der Waals surface area contributed by atoms with Crippen molar-refractivity contribution >= 4 is 15.6 Å². The van der Waals surface area contributed by atoms with Gasteiger partial charge in [0, 0.05) is 30.7 Å². The molecule has 112 valence electrons. The second-order valence-corrected chi connectivity index (χ2v) is 9.03. The Morgan fingerprint density at radius 3 is 2.42 bits per heavy atom. The van der Waals surface area contributed by atoms with E-state index in [-0.39, 0.29) is 22.5 Å². The Bertz CT molecular complexity index is 409. The first kappa shape index (κ1) is 16.6. The lowest BCUT2D eigenvalue weighted by Gasteiger charge is -2.27. The van der Waals surface area contributed by atoms with Crippen LogP contribution in [0.5, 0.6) is 0 Å². The molecule has 1 fully saturated rings. The van der Waals surface area contributed by atoms with Crippen LogP contribution in [0.4, 0.5) is 0 Å². The minimum absolute atomic E-state index is 0.0160. The summed E-state index contributed by atoms with van der Waals surface area (Å²) in [5.74, 6) is 0.153. The van der Waals surface area contributed by atoms with Gasteiger partial charge in [0.2, 0.25) is 0 Å². The van der Waals surface area contributed by atoms with Crippen molar-refractivity contribution in [2.45, 2.75) is 63.7 Å². The molecule has 2 atom stereocenters. The zero-order valence-corrected chi connectivity index (χ0v) is 13.3. The average Bonchev–Trinajstić information content (AvgIpc) is 2.26. The lowest BCUT2D eigenvalue weighted by atomic mass is 9.85. The summed E-state index contributed by atoms with van der Waals surface area (Å²) in [6.45, 7) is 6.87. The maximum Gasteiger partial charge on any atom is 0.150 e. The first-order valence-corrected chi connectivity index (χ1v) is 9.01. The molecule has 0 heterocycles. The van der Waals surface area contributed by atoms with E-state index in [2.05, 4.69) is 26.1 Å². The normalized spacial score (nSPS) is 25.3. The highest BCUT2D eigenvalue weighted by molar-refractivity contribution is 7.91. The molecule has 0 bridgehead atoms. The maximum atomic E-state index is 12.1. The highest BCUT2D eigenvalue weighted by Gasteiger charge is 2.32. The van der Waals surface area contributed by atoms with Gasteiger partial charge in [-0.2, -0.15) is 0 Å². The molecule has 5 heteroatoms. The molecular weight excluding hydrogens is 262 g/mol. The van der Waals surface area contributed by atoms with Crippen molar-refractivity contribution in [3.63, 3.8) is 0 Å².